The molecule has 0 fully saturated rings. The molecule has 434 valence electrons. The van der Waals surface area contributed by atoms with Crippen LogP contribution in [0.15, 0.2) is 48.6 Å². The van der Waals surface area contributed by atoms with Gasteiger partial charge in [0, 0.05) is 12.8 Å². The van der Waals surface area contributed by atoms with Crippen LogP contribution in [0.3, 0.4) is 0 Å². The van der Waals surface area contributed by atoms with E-state index in [1.54, 1.807) is 6.08 Å². The quantitative estimate of drug-likeness (QED) is 0.0320. The minimum Gasteiger partial charge on any atom is -0.465 e. The van der Waals surface area contributed by atoms with Gasteiger partial charge in [0.05, 0.1) is 25.4 Å². The molecular weight excluding hydrogens is 911 g/mol. The van der Waals surface area contributed by atoms with Gasteiger partial charge in [0.2, 0.25) is 5.91 Å². The van der Waals surface area contributed by atoms with Gasteiger partial charge in [-0.05, 0) is 77.0 Å². The first-order valence-corrected chi connectivity index (χ1v) is 32.9. The molecule has 74 heavy (non-hydrogen) atoms. The zero-order valence-electron chi connectivity index (χ0n) is 49.6. The fourth-order valence-electron chi connectivity index (χ4n) is 10.1. The molecular formula is C68H127NO5. The predicted molar refractivity (Wildman–Crippen MR) is 324 cm³/mol. The van der Waals surface area contributed by atoms with Crippen molar-refractivity contribution in [3.05, 3.63) is 48.6 Å². The van der Waals surface area contributed by atoms with E-state index in [2.05, 4.69) is 55.6 Å². The number of aliphatic hydroxyl groups excluding tert-OH is 2. The lowest BCUT2D eigenvalue weighted by Gasteiger charge is -2.20. The molecule has 6 heteroatoms. The van der Waals surface area contributed by atoms with Crippen LogP contribution in [-0.2, 0) is 14.3 Å². The van der Waals surface area contributed by atoms with Crippen molar-refractivity contribution in [2.75, 3.05) is 13.2 Å². The van der Waals surface area contributed by atoms with E-state index in [1.807, 2.05) is 6.08 Å². The maximum Gasteiger partial charge on any atom is 0.305 e. The van der Waals surface area contributed by atoms with Crippen molar-refractivity contribution in [3.63, 3.8) is 0 Å². The third-order valence-corrected chi connectivity index (χ3v) is 15.1. The van der Waals surface area contributed by atoms with E-state index < -0.39 is 12.1 Å². The minimum atomic E-state index is -0.842. The Hall–Kier alpha value is -2.18. The summed E-state index contributed by atoms with van der Waals surface area (Å²) in [7, 11) is 0. The molecule has 0 aromatic carbocycles. The molecule has 0 saturated heterocycles. The number of unbranched alkanes of at least 4 members (excludes halogenated alkanes) is 44. The van der Waals surface area contributed by atoms with Crippen LogP contribution < -0.4 is 5.32 Å². The third-order valence-electron chi connectivity index (χ3n) is 15.1. The van der Waals surface area contributed by atoms with Crippen LogP contribution in [0.25, 0.3) is 0 Å². The van der Waals surface area contributed by atoms with E-state index in [4.69, 9.17) is 4.74 Å². The number of allylic oxidation sites excluding steroid dienone is 6. The maximum absolute atomic E-state index is 12.5. The average Bonchev–Trinajstić information content (AvgIpc) is 3.40. The lowest BCUT2D eigenvalue weighted by atomic mass is 10.0. The molecule has 3 N–H and O–H groups in total. The van der Waals surface area contributed by atoms with Gasteiger partial charge in [-0.15, -0.1) is 0 Å². The van der Waals surface area contributed by atoms with Crippen molar-refractivity contribution in [2.45, 2.75) is 360 Å². The minimum absolute atomic E-state index is 0.0287. The van der Waals surface area contributed by atoms with Crippen LogP contribution in [0.4, 0.5) is 0 Å². The fourth-order valence-corrected chi connectivity index (χ4v) is 10.1. The Balaban J connectivity index is 3.38. The summed E-state index contributed by atoms with van der Waals surface area (Å²) in [6.45, 7) is 4.80. The number of carbonyl (C=O) groups is 2. The first kappa shape index (κ1) is 71.8. The van der Waals surface area contributed by atoms with Crippen molar-refractivity contribution in [1.29, 1.82) is 0 Å². The predicted octanol–water partition coefficient (Wildman–Crippen LogP) is 20.9. The van der Waals surface area contributed by atoms with Gasteiger partial charge in [0.15, 0.2) is 0 Å². The topological polar surface area (TPSA) is 95.9 Å². The molecule has 0 aliphatic carbocycles. The molecule has 0 aliphatic rings. The van der Waals surface area contributed by atoms with Gasteiger partial charge in [-0.25, -0.2) is 0 Å². The van der Waals surface area contributed by atoms with Gasteiger partial charge in [-0.2, -0.15) is 0 Å². The van der Waals surface area contributed by atoms with E-state index in [0.717, 1.165) is 57.8 Å². The van der Waals surface area contributed by atoms with Crippen molar-refractivity contribution in [2.24, 2.45) is 0 Å². The van der Waals surface area contributed by atoms with E-state index in [1.165, 1.54) is 263 Å². The van der Waals surface area contributed by atoms with Crippen LogP contribution in [0.2, 0.25) is 0 Å². The Morgan fingerprint density at radius 2 is 0.676 bits per heavy atom. The molecule has 1 amide bonds. The largest absolute Gasteiger partial charge is 0.465 e. The lowest BCUT2D eigenvalue weighted by Crippen LogP contribution is -2.45. The Labute approximate surface area is 461 Å². The van der Waals surface area contributed by atoms with Crippen LogP contribution in [0.1, 0.15) is 348 Å². The highest BCUT2D eigenvalue weighted by molar-refractivity contribution is 5.76. The summed E-state index contributed by atoms with van der Waals surface area (Å²) in [6.07, 6.45) is 81.9. The monoisotopic (exact) mass is 1040 g/mol. The third kappa shape index (κ3) is 59.1. The first-order valence-electron chi connectivity index (χ1n) is 32.9. The summed E-state index contributed by atoms with van der Waals surface area (Å²) in [6, 6.07) is -0.625. The van der Waals surface area contributed by atoms with Crippen LogP contribution in [0, 0.1) is 0 Å². The number of ether oxygens (including phenoxy) is 1. The Morgan fingerprint density at radius 3 is 1.07 bits per heavy atom. The van der Waals surface area contributed by atoms with Crippen LogP contribution in [0.5, 0.6) is 0 Å². The number of aliphatic hydroxyl groups is 2. The fraction of sp³-hybridized carbons (Fsp3) is 0.853. The normalized spacial score (nSPS) is 12.9. The van der Waals surface area contributed by atoms with Crippen molar-refractivity contribution < 1.29 is 24.5 Å². The second-order valence-corrected chi connectivity index (χ2v) is 22.4. The number of rotatable bonds is 61. The van der Waals surface area contributed by atoms with E-state index in [-0.39, 0.29) is 18.5 Å². The Morgan fingerprint density at radius 1 is 0.378 bits per heavy atom. The number of nitrogens with one attached hydrogen (secondary N) is 1. The molecule has 0 heterocycles. The molecule has 6 nitrogen and oxygen atoms in total. The maximum atomic E-state index is 12.5. The van der Waals surface area contributed by atoms with Crippen molar-refractivity contribution in [1.82, 2.24) is 5.32 Å². The lowest BCUT2D eigenvalue weighted by molar-refractivity contribution is -0.143. The SMILES string of the molecule is CCCCC/C=C\C/C=C\CCCCCCCC(=O)OCC/C=C/CCCCCCCCCCCCCCCCCCCCCCCCCCCC(=O)NC(CO)C(O)/C=C/CCCCCCCCCCCCC. The number of hydrogen-bond acceptors (Lipinski definition) is 5. The summed E-state index contributed by atoms with van der Waals surface area (Å²) in [5.41, 5.74) is 0. The molecule has 2 atom stereocenters. The molecule has 2 unspecified atom stereocenters. The van der Waals surface area contributed by atoms with Crippen molar-refractivity contribution >= 4 is 11.9 Å². The molecule has 0 aromatic rings. The zero-order valence-corrected chi connectivity index (χ0v) is 49.6. The number of carbonyl (C=O) groups excluding carboxylic acids is 2. The first-order chi connectivity index (χ1) is 36.5. The second kappa shape index (κ2) is 63.4. The number of hydrogen-bond donors (Lipinski definition) is 3. The van der Waals surface area contributed by atoms with Gasteiger partial charge in [0.25, 0.3) is 0 Å². The Kier molecular flexibility index (Phi) is 61.5. The summed E-state index contributed by atoms with van der Waals surface area (Å²) < 4.78 is 5.43. The molecule has 0 saturated carbocycles. The van der Waals surface area contributed by atoms with Gasteiger partial charge in [-0.1, -0.05) is 306 Å². The number of amides is 1. The molecule has 0 aromatic heterocycles. The summed E-state index contributed by atoms with van der Waals surface area (Å²) in [5, 5.41) is 23.1. The highest BCUT2D eigenvalue weighted by atomic mass is 16.5. The molecule has 0 radical (unpaired) electrons. The van der Waals surface area contributed by atoms with Crippen molar-refractivity contribution in [3.8, 4) is 0 Å². The summed E-state index contributed by atoms with van der Waals surface area (Å²) in [4.78, 5) is 24.5. The van der Waals surface area contributed by atoms with Crippen LogP contribution >= 0.6 is 0 Å². The van der Waals surface area contributed by atoms with Gasteiger partial charge >= 0.3 is 5.97 Å². The molecule has 0 rings (SSSR count). The number of esters is 1. The Bertz CT molecular complexity index is 1240. The molecule has 0 spiro atoms. The average molecular weight is 1040 g/mol. The molecule has 0 bridgehead atoms. The van der Waals surface area contributed by atoms with E-state index in [9.17, 15) is 19.8 Å². The highest BCUT2D eigenvalue weighted by Gasteiger charge is 2.18. The second-order valence-electron chi connectivity index (χ2n) is 22.4. The van der Waals surface area contributed by atoms with Gasteiger partial charge < -0.3 is 20.3 Å². The standard InChI is InChI=1S/C68H127NO5/c1-3-5-7-9-11-13-15-17-33-38-42-46-50-54-58-62-68(73)74-63-59-55-51-47-43-39-35-32-30-28-26-24-22-20-18-19-21-23-25-27-29-31-34-37-41-45-49-53-57-61-67(72)69-65(64-70)66(71)60-56-52-48-44-40-36-16-14-12-10-8-6-4-2/h11,13,17,33,51,55-56,60,65-66,70-71H,3-10,12,14-16,18-32,34-50,52-54,57-59,61-64H2,1-2H3,(H,69,72)/b13-11-,33-17-,55-51+,60-56+. The van der Waals surface area contributed by atoms with E-state index in [0.29, 0.717) is 19.4 Å². The van der Waals surface area contributed by atoms with Crippen LogP contribution in [-0.4, -0.2) is 47.4 Å². The van der Waals surface area contributed by atoms with Gasteiger partial charge in [-0.3, -0.25) is 9.59 Å². The zero-order chi connectivity index (χ0) is 53.6. The summed E-state index contributed by atoms with van der Waals surface area (Å²) in [5.74, 6) is -0.0935. The summed E-state index contributed by atoms with van der Waals surface area (Å²) >= 11 is 0. The van der Waals surface area contributed by atoms with Gasteiger partial charge in [0.1, 0.15) is 0 Å². The molecule has 0 aliphatic heterocycles. The van der Waals surface area contributed by atoms with E-state index >= 15 is 0 Å². The smallest absolute Gasteiger partial charge is 0.305 e. The highest BCUT2D eigenvalue weighted by Crippen LogP contribution is 2.18.